The monoisotopic (exact) mass is 382 g/mol. The largest absolute Gasteiger partial charge is 0.463 e. The highest BCUT2D eigenvalue weighted by Gasteiger charge is 2.42. The number of benzene rings is 1. The Morgan fingerprint density at radius 3 is 2.52 bits per heavy atom. The van der Waals surface area contributed by atoms with Gasteiger partial charge in [0.05, 0.1) is 30.2 Å². The Bertz CT molecular complexity index is 863. The molecule has 0 saturated carbocycles. The summed E-state index contributed by atoms with van der Waals surface area (Å²) in [6.07, 6.45) is -4.54. The maximum Gasteiger partial charge on any atom is 0.416 e. The van der Waals surface area contributed by atoms with Crippen molar-refractivity contribution in [3.05, 3.63) is 69.2 Å². The average Bonchev–Trinajstić information content (AvgIpc) is 2.60. The molecule has 4 nitrogen and oxygen atoms in total. The topological polar surface area (TPSA) is 42.7 Å². The molecule has 8 heteroatoms. The second-order valence-electron chi connectivity index (χ2n) is 5.88. The number of rotatable bonds is 4. The summed E-state index contributed by atoms with van der Waals surface area (Å²) in [5.41, 5.74) is -0.982. The summed E-state index contributed by atoms with van der Waals surface area (Å²) in [4.78, 5) is 15.9. The normalized spacial score (nSPS) is 17.5. The Morgan fingerprint density at radius 1 is 1.33 bits per heavy atom. The molecule has 1 aliphatic heterocycles. The van der Waals surface area contributed by atoms with E-state index in [1.54, 1.807) is 20.8 Å². The van der Waals surface area contributed by atoms with Gasteiger partial charge in [-0.2, -0.15) is 13.2 Å². The zero-order valence-electron chi connectivity index (χ0n) is 15.0. The Hall–Kier alpha value is -2.82. The Balaban J connectivity index is 2.83. The van der Waals surface area contributed by atoms with Crippen molar-refractivity contribution in [2.24, 2.45) is 0 Å². The van der Waals surface area contributed by atoms with Gasteiger partial charge in [-0.25, -0.2) is 14.0 Å². The van der Waals surface area contributed by atoms with Crippen LogP contribution in [-0.4, -0.2) is 12.6 Å². The van der Waals surface area contributed by atoms with Gasteiger partial charge in [-0.05, 0) is 38.0 Å². The lowest BCUT2D eigenvalue weighted by atomic mass is 9.81. The summed E-state index contributed by atoms with van der Waals surface area (Å²) in [5, 5.41) is 2.92. The van der Waals surface area contributed by atoms with Crippen molar-refractivity contribution in [2.75, 3.05) is 6.61 Å². The lowest BCUT2D eigenvalue weighted by Gasteiger charge is -2.30. The third kappa shape index (κ3) is 3.97. The molecule has 1 atom stereocenters. The molecule has 1 unspecified atom stereocenters. The quantitative estimate of drug-likeness (QED) is 0.457. The van der Waals surface area contributed by atoms with E-state index in [1.165, 1.54) is 0 Å². The van der Waals surface area contributed by atoms with Gasteiger partial charge >= 0.3 is 12.1 Å². The molecule has 1 aromatic rings. The number of ether oxygens (including phenoxy) is 1. The van der Waals surface area contributed by atoms with E-state index in [0.717, 1.165) is 12.1 Å². The zero-order valence-corrected chi connectivity index (χ0v) is 15.0. The zero-order chi connectivity index (χ0) is 20.4. The van der Waals surface area contributed by atoms with Crippen LogP contribution in [0.2, 0.25) is 0 Å². The van der Waals surface area contributed by atoms with Crippen molar-refractivity contribution >= 4 is 5.97 Å². The van der Waals surface area contributed by atoms with E-state index in [1.807, 2.05) is 0 Å². The first kappa shape index (κ1) is 20.5. The minimum Gasteiger partial charge on any atom is -0.463 e. The van der Waals surface area contributed by atoms with Crippen molar-refractivity contribution in [2.45, 2.75) is 39.3 Å². The Labute approximate surface area is 154 Å². The number of nitrogens with zero attached hydrogens (tertiary/aromatic N) is 1. The summed E-state index contributed by atoms with van der Waals surface area (Å²) in [7, 11) is 0. The number of hydrogen-bond acceptors (Lipinski definition) is 3. The number of carbonyl (C=O) groups is 1. The van der Waals surface area contributed by atoms with Gasteiger partial charge < -0.3 is 10.1 Å². The molecule has 0 spiro atoms. The Kier molecular flexibility index (Phi) is 5.94. The fourth-order valence-corrected chi connectivity index (χ4v) is 3.09. The number of halogens is 4. The van der Waals surface area contributed by atoms with E-state index in [9.17, 15) is 22.4 Å². The van der Waals surface area contributed by atoms with Gasteiger partial charge in [-0.3, -0.25) is 0 Å². The van der Waals surface area contributed by atoms with Crippen molar-refractivity contribution in [3.8, 4) is 0 Å². The van der Waals surface area contributed by atoms with E-state index in [2.05, 4.69) is 10.2 Å². The van der Waals surface area contributed by atoms with Crippen molar-refractivity contribution < 1.29 is 27.1 Å². The molecule has 0 aromatic heterocycles. The number of esters is 1. The highest BCUT2D eigenvalue weighted by molar-refractivity contribution is 5.93. The van der Waals surface area contributed by atoms with Crippen LogP contribution in [0.4, 0.5) is 17.6 Å². The van der Waals surface area contributed by atoms with Crippen LogP contribution in [-0.2, 0) is 15.7 Å². The standard InChI is InChI=1S/C19H18F4N2O2/c1-5-14-16(18(26)27-6-2)15(17(24-4)10(3)25-14)12-8-7-11(20)9-13(12)19(21,22)23/h7-9,15,25H,5-6H2,1-3H3. The molecule has 0 bridgehead atoms. The molecule has 0 aliphatic carbocycles. The van der Waals surface area contributed by atoms with Crippen LogP contribution in [0.5, 0.6) is 0 Å². The number of alkyl halides is 3. The first-order valence-corrected chi connectivity index (χ1v) is 8.27. The maximum absolute atomic E-state index is 13.6. The third-order valence-electron chi connectivity index (χ3n) is 4.21. The molecule has 1 aromatic carbocycles. The summed E-state index contributed by atoms with van der Waals surface area (Å²) >= 11 is 0. The summed E-state index contributed by atoms with van der Waals surface area (Å²) in [6, 6.07) is 2.24. The average molecular weight is 382 g/mol. The lowest BCUT2D eigenvalue weighted by molar-refractivity contribution is -0.140. The van der Waals surface area contributed by atoms with Gasteiger partial charge in [0.2, 0.25) is 0 Å². The van der Waals surface area contributed by atoms with Crippen LogP contribution >= 0.6 is 0 Å². The van der Waals surface area contributed by atoms with Crippen molar-refractivity contribution in [1.29, 1.82) is 0 Å². The van der Waals surface area contributed by atoms with Crippen molar-refractivity contribution in [1.82, 2.24) is 5.32 Å². The molecule has 144 valence electrons. The second-order valence-corrected chi connectivity index (χ2v) is 5.88. The van der Waals surface area contributed by atoms with Gasteiger partial charge in [0.15, 0.2) is 5.70 Å². The molecule has 1 aliphatic rings. The predicted octanol–water partition coefficient (Wildman–Crippen LogP) is 4.91. The van der Waals surface area contributed by atoms with Crippen LogP contribution in [0.3, 0.4) is 0 Å². The maximum atomic E-state index is 13.6. The smallest absolute Gasteiger partial charge is 0.416 e. The number of hydrogen-bond donors (Lipinski definition) is 1. The van der Waals surface area contributed by atoms with Gasteiger partial charge in [0.25, 0.3) is 0 Å². The Morgan fingerprint density at radius 2 is 2.00 bits per heavy atom. The molecular weight excluding hydrogens is 364 g/mol. The van der Waals surface area contributed by atoms with E-state index in [4.69, 9.17) is 11.3 Å². The van der Waals surface area contributed by atoms with Crippen LogP contribution in [0, 0.1) is 12.4 Å². The number of dihydropyridines is 1. The van der Waals surface area contributed by atoms with Crippen LogP contribution in [0.1, 0.15) is 44.2 Å². The minimum atomic E-state index is -4.85. The van der Waals surface area contributed by atoms with Crippen LogP contribution in [0.15, 0.2) is 40.9 Å². The molecule has 27 heavy (non-hydrogen) atoms. The molecule has 0 saturated heterocycles. The van der Waals surface area contributed by atoms with E-state index in [0.29, 0.717) is 23.9 Å². The van der Waals surface area contributed by atoms with Gasteiger partial charge in [0.1, 0.15) is 5.82 Å². The molecule has 1 heterocycles. The summed E-state index contributed by atoms with van der Waals surface area (Å²) < 4.78 is 59.2. The van der Waals surface area contributed by atoms with Gasteiger partial charge in [0, 0.05) is 11.4 Å². The molecular formula is C19H18F4N2O2. The SMILES string of the molecule is [C-]#[N+]C1=C(C)NC(CC)=C(C(=O)OCC)C1c1ccc(F)cc1C(F)(F)F. The van der Waals surface area contributed by atoms with Crippen molar-refractivity contribution in [3.63, 3.8) is 0 Å². The number of allylic oxidation sites excluding steroid dienone is 3. The van der Waals surface area contributed by atoms with Crippen LogP contribution in [0.25, 0.3) is 4.85 Å². The lowest BCUT2D eigenvalue weighted by Crippen LogP contribution is -2.30. The first-order chi connectivity index (χ1) is 12.6. The molecule has 0 radical (unpaired) electrons. The van der Waals surface area contributed by atoms with Crippen LogP contribution < -0.4 is 5.32 Å². The second kappa shape index (κ2) is 7.82. The van der Waals surface area contributed by atoms with Gasteiger partial charge in [-0.15, -0.1) is 0 Å². The molecule has 0 amide bonds. The fraction of sp³-hybridized carbons (Fsp3) is 0.368. The first-order valence-electron chi connectivity index (χ1n) is 8.27. The predicted molar refractivity (Wildman–Crippen MR) is 90.5 cm³/mol. The highest BCUT2D eigenvalue weighted by Crippen LogP contribution is 2.45. The molecule has 1 N–H and O–H groups in total. The van der Waals surface area contributed by atoms with E-state index < -0.39 is 29.4 Å². The third-order valence-corrected chi connectivity index (χ3v) is 4.21. The number of carbonyl (C=O) groups excluding carboxylic acids is 1. The minimum absolute atomic E-state index is 0.0254. The number of nitrogens with one attached hydrogen (secondary N) is 1. The fourth-order valence-electron chi connectivity index (χ4n) is 3.09. The molecule has 2 rings (SSSR count). The highest BCUT2D eigenvalue weighted by atomic mass is 19.4. The molecule has 0 fully saturated rings. The van der Waals surface area contributed by atoms with E-state index in [-0.39, 0.29) is 23.4 Å². The van der Waals surface area contributed by atoms with E-state index >= 15 is 0 Å². The summed E-state index contributed by atoms with van der Waals surface area (Å²) in [5.74, 6) is -3.16. The summed E-state index contributed by atoms with van der Waals surface area (Å²) in [6.45, 7) is 12.3. The van der Waals surface area contributed by atoms with Gasteiger partial charge in [-0.1, -0.05) is 13.0 Å².